The first kappa shape index (κ1) is 15.3. The number of ether oxygens (including phenoxy) is 1. The summed E-state index contributed by atoms with van der Waals surface area (Å²) in [6.45, 7) is -0.0802. The maximum Gasteiger partial charge on any atom is 0.182 e. The second-order valence-corrected chi connectivity index (χ2v) is 8.12. The second-order valence-electron chi connectivity index (χ2n) is 5.24. The van der Waals surface area contributed by atoms with E-state index in [9.17, 15) is 17.6 Å². The highest BCUT2D eigenvalue weighted by atomic mass is 32.2. The molecule has 0 bridgehead atoms. The van der Waals surface area contributed by atoms with Gasteiger partial charge in [-0.1, -0.05) is 12.1 Å². The molecule has 1 aliphatic heterocycles. The summed E-state index contributed by atoms with van der Waals surface area (Å²) < 4.78 is 42.8. The number of ketones is 1. The van der Waals surface area contributed by atoms with Gasteiger partial charge < -0.3 is 4.74 Å². The van der Waals surface area contributed by atoms with Crippen LogP contribution in [0.2, 0.25) is 0 Å². The number of thiophene rings is 1. The fourth-order valence-electron chi connectivity index (χ4n) is 2.65. The highest BCUT2D eigenvalue weighted by molar-refractivity contribution is 7.90. The SMILES string of the molecule is CS(=O)(=O)c1ccc(C2(c3ccsc3F)CC(=O)CO2)cc1. The Morgan fingerprint density at radius 1 is 1.23 bits per heavy atom. The van der Waals surface area contributed by atoms with E-state index in [0.29, 0.717) is 11.1 Å². The maximum absolute atomic E-state index is 14.1. The molecule has 3 rings (SSSR count). The van der Waals surface area contributed by atoms with Crippen molar-refractivity contribution >= 4 is 27.0 Å². The van der Waals surface area contributed by atoms with Crippen molar-refractivity contribution in [1.29, 1.82) is 0 Å². The third-order valence-corrected chi connectivity index (χ3v) is 5.55. The van der Waals surface area contributed by atoms with E-state index in [2.05, 4.69) is 0 Å². The van der Waals surface area contributed by atoms with Crippen LogP contribution in [0.15, 0.2) is 40.6 Å². The van der Waals surface area contributed by atoms with Crippen molar-refractivity contribution in [2.24, 2.45) is 0 Å². The maximum atomic E-state index is 14.1. The summed E-state index contributed by atoms with van der Waals surface area (Å²) in [6, 6.07) is 7.65. The van der Waals surface area contributed by atoms with Crippen LogP contribution >= 0.6 is 11.3 Å². The summed E-state index contributed by atoms with van der Waals surface area (Å²) >= 11 is 0.939. The lowest BCUT2D eigenvalue weighted by Crippen LogP contribution is -2.27. The van der Waals surface area contributed by atoms with E-state index in [0.717, 1.165) is 17.6 Å². The third-order valence-electron chi connectivity index (χ3n) is 3.73. The van der Waals surface area contributed by atoms with E-state index in [1.54, 1.807) is 23.6 Å². The molecule has 7 heteroatoms. The van der Waals surface area contributed by atoms with Crippen molar-refractivity contribution in [2.75, 3.05) is 12.9 Å². The zero-order chi connectivity index (χ0) is 16.0. The van der Waals surface area contributed by atoms with Gasteiger partial charge in [-0.25, -0.2) is 8.42 Å². The normalized spacial score (nSPS) is 22.2. The molecule has 1 unspecified atom stereocenters. The van der Waals surface area contributed by atoms with Crippen LogP contribution in [0.5, 0.6) is 0 Å². The minimum atomic E-state index is -3.32. The summed E-state index contributed by atoms with van der Waals surface area (Å²) in [5, 5.41) is 1.20. The number of rotatable bonds is 3. The summed E-state index contributed by atoms with van der Waals surface area (Å²) in [6.07, 6.45) is 1.16. The molecule has 1 aromatic heterocycles. The third kappa shape index (κ3) is 2.49. The number of sulfone groups is 1. The smallest absolute Gasteiger partial charge is 0.182 e. The largest absolute Gasteiger partial charge is 0.357 e. The van der Waals surface area contributed by atoms with E-state index in [1.807, 2.05) is 0 Å². The van der Waals surface area contributed by atoms with Gasteiger partial charge in [0, 0.05) is 18.2 Å². The number of benzene rings is 1. The number of hydrogen-bond acceptors (Lipinski definition) is 5. The predicted octanol–water partition coefficient (Wildman–Crippen LogP) is 2.52. The van der Waals surface area contributed by atoms with Crippen LogP contribution in [-0.4, -0.2) is 27.1 Å². The first-order valence-corrected chi connectivity index (χ1v) is 9.30. The first-order chi connectivity index (χ1) is 10.3. The van der Waals surface area contributed by atoms with E-state index in [-0.39, 0.29) is 23.7 Å². The molecule has 1 aromatic carbocycles. The Bertz CT molecular complexity index is 823. The lowest BCUT2D eigenvalue weighted by atomic mass is 9.85. The summed E-state index contributed by atoms with van der Waals surface area (Å²) in [4.78, 5) is 11.9. The standard InChI is InChI=1S/C15H13FO4S2/c1-22(18,19)12-4-2-10(3-5-12)15(8-11(17)9-20-15)13-6-7-21-14(13)16/h2-7H,8-9H2,1H3. The van der Waals surface area contributed by atoms with Gasteiger partial charge in [-0.05, 0) is 29.1 Å². The molecule has 2 heterocycles. The minimum absolute atomic E-state index is 0.0406. The van der Waals surface area contributed by atoms with Crippen LogP contribution in [0.4, 0.5) is 4.39 Å². The molecular weight excluding hydrogens is 327 g/mol. The molecule has 0 aliphatic carbocycles. The van der Waals surface area contributed by atoms with Gasteiger partial charge in [0.2, 0.25) is 0 Å². The van der Waals surface area contributed by atoms with E-state index in [1.165, 1.54) is 12.1 Å². The van der Waals surface area contributed by atoms with Crippen LogP contribution in [0.3, 0.4) is 0 Å². The van der Waals surface area contributed by atoms with Crippen molar-refractivity contribution in [1.82, 2.24) is 0 Å². The van der Waals surface area contributed by atoms with Crippen LogP contribution < -0.4 is 0 Å². The number of hydrogen-bond donors (Lipinski definition) is 0. The Labute approximate surface area is 131 Å². The predicted molar refractivity (Wildman–Crippen MR) is 80.2 cm³/mol. The van der Waals surface area contributed by atoms with E-state index < -0.39 is 20.6 Å². The molecule has 4 nitrogen and oxygen atoms in total. The molecular formula is C15H13FO4S2. The summed E-state index contributed by atoms with van der Waals surface area (Å²) in [5.41, 5.74) is -0.282. The van der Waals surface area contributed by atoms with Gasteiger partial charge >= 0.3 is 0 Å². The number of halogens is 1. The highest BCUT2D eigenvalue weighted by Crippen LogP contribution is 2.43. The summed E-state index contributed by atoms with van der Waals surface area (Å²) in [5.74, 6) is -0.113. The average molecular weight is 340 g/mol. The topological polar surface area (TPSA) is 60.4 Å². The van der Waals surface area contributed by atoms with Crippen molar-refractivity contribution in [3.8, 4) is 0 Å². The Kier molecular flexibility index (Phi) is 3.66. The monoisotopic (exact) mass is 340 g/mol. The first-order valence-electron chi connectivity index (χ1n) is 6.53. The van der Waals surface area contributed by atoms with Gasteiger partial charge in [-0.2, -0.15) is 4.39 Å². The Morgan fingerprint density at radius 3 is 2.36 bits per heavy atom. The average Bonchev–Trinajstić information content (AvgIpc) is 3.05. The quantitative estimate of drug-likeness (QED) is 0.861. The van der Waals surface area contributed by atoms with Gasteiger partial charge in [-0.3, -0.25) is 4.79 Å². The molecule has 116 valence electrons. The molecule has 0 N–H and O–H groups in total. The molecule has 1 saturated heterocycles. The lowest BCUT2D eigenvalue weighted by Gasteiger charge is -2.27. The van der Waals surface area contributed by atoms with Crippen LogP contribution in [0, 0.1) is 5.13 Å². The number of Topliss-reactive ketones (excluding diaryl/α,β-unsaturated/α-hetero) is 1. The Hall–Kier alpha value is -1.57. The van der Waals surface area contributed by atoms with Gasteiger partial charge in [0.1, 0.15) is 12.2 Å². The Morgan fingerprint density at radius 2 is 1.91 bits per heavy atom. The molecule has 0 saturated carbocycles. The van der Waals surface area contributed by atoms with Crippen LogP contribution in [-0.2, 0) is 25.0 Å². The number of carbonyl (C=O) groups is 1. The van der Waals surface area contributed by atoms with Crippen molar-refractivity contribution in [3.05, 3.63) is 52.0 Å². The van der Waals surface area contributed by atoms with Crippen molar-refractivity contribution in [3.63, 3.8) is 0 Å². The zero-order valence-electron chi connectivity index (χ0n) is 11.7. The van der Waals surface area contributed by atoms with Gasteiger partial charge in [0.15, 0.2) is 20.8 Å². The molecule has 0 spiro atoms. The summed E-state index contributed by atoms with van der Waals surface area (Å²) in [7, 11) is -3.32. The molecule has 1 fully saturated rings. The molecule has 0 amide bonds. The van der Waals surface area contributed by atoms with E-state index >= 15 is 0 Å². The fourth-order valence-corrected chi connectivity index (χ4v) is 3.97. The van der Waals surface area contributed by atoms with Crippen LogP contribution in [0.1, 0.15) is 17.5 Å². The zero-order valence-corrected chi connectivity index (χ0v) is 13.3. The molecule has 0 radical (unpaired) electrons. The Balaban J connectivity index is 2.12. The lowest BCUT2D eigenvalue weighted by molar-refractivity contribution is -0.117. The molecule has 1 atom stereocenters. The van der Waals surface area contributed by atoms with Crippen molar-refractivity contribution in [2.45, 2.75) is 16.9 Å². The minimum Gasteiger partial charge on any atom is -0.357 e. The van der Waals surface area contributed by atoms with Crippen molar-refractivity contribution < 1.29 is 22.3 Å². The van der Waals surface area contributed by atoms with Gasteiger partial charge in [0.05, 0.1) is 4.90 Å². The molecule has 1 aliphatic rings. The molecule has 2 aromatic rings. The van der Waals surface area contributed by atoms with E-state index in [4.69, 9.17) is 4.74 Å². The molecule has 22 heavy (non-hydrogen) atoms. The highest BCUT2D eigenvalue weighted by Gasteiger charge is 2.45. The number of carbonyl (C=O) groups excluding carboxylic acids is 1. The second kappa shape index (κ2) is 5.26. The van der Waals surface area contributed by atoms with Gasteiger partial charge in [-0.15, -0.1) is 11.3 Å². The fraction of sp³-hybridized carbons (Fsp3) is 0.267. The van der Waals surface area contributed by atoms with Gasteiger partial charge in [0.25, 0.3) is 0 Å². The van der Waals surface area contributed by atoms with Crippen LogP contribution in [0.25, 0.3) is 0 Å².